The zero-order valence-electron chi connectivity index (χ0n) is 20.6. The molecule has 0 radical (unpaired) electrons. The number of nitrogens with one attached hydrogen (secondary N) is 2. The Morgan fingerprint density at radius 3 is 2.61 bits per heavy atom. The maximum absolute atomic E-state index is 13.0. The highest BCUT2D eigenvalue weighted by molar-refractivity contribution is 6.31. The lowest BCUT2D eigenvalue weighted by Crippen LogP contribution is -2.51. The van der Waals surface area contributed by atoms with Gasteiger partial charge in [0.25, 0.3) is 5.91 Å². The molecule has 2 aromatic carbocycles. The fourth-order valence-electron chi connectivity index (χ4n) is 4.30. The van der Waals surface area contributed by atoms with Crippen LogP contribution in [0, 0.1) is 18.3 Å². The van der Waals surface area contributed by atoms with E-state index in [2.05, 4.69) is 5.32 Å². The lowest BCUT2D eigenvalue weighted by atomic mass is 9.89. The molecule has 194 valence electrons. The van der Waals surface area contributed by atoms with Crippen LogP contribution in [-0.4, -0.2) is 60.7 Å². The smallest absolute Gasteiger partial charge is 0.328 e. The molecule has 0 saturated carbocycles. The molecule has 5 N–H and O–H groups in total. The van der Waals surface area contributed by atoms with Crippen molar-refractivity contribution in [1.29, 1.82) is 5.41 Å². The topological polar surface area (TPSA) is 138 Å². The van der Waals surface area contributed by atoms with Gasteiger partial charge in [-0.3, -0.25) is 10.2 Å². The Kier molecular flexibility index (Phi) is 9.41. The van der Waals surface area contributed by atoms with E-state index in [1.807, 2.05) is 25.1 Å². The van der Waals surface area contributed by atoms with Gasteiger partial charge in [-0.2, -0.15) is 0 Å². The van der Waals surface area contributed by atoms with Gasteiger partial charge in [-0.25, -0.2) is 4.79 Å². The van der Waals surface area contributed by atoms with Crippen molar-refractivity contribution in [3.63, 3.8) is 0 Å². The van der Waals surface area contributed by atoms with E-state index in [1.54, 1.807) is 4.90 Å². The van der Waals surface area contributed by atoms with Crippen LogP contribution in [0.2, 0.25) is 5.02 Å². The average Bonchev–Trinajstić information content (AvgIpc) is 2.85. The summed E-state index contributed by atoms with van der Waals surface area (Å²) in [7, 11) is 1.27. The minimum absolute atomic E-state index is 0.0126. The number of hydrogen-bond acceptors (Lipinski definition) is 6. The van der Waals surface area contributed by atoms with Gasteiger partial charge in [0.1, 0.15) is 17.5 Å². The van der Waals surface area contributed by atoms with E-state index in [1.165, 1.54) is 25.3 Å². The van der Waals surface area contributed by atoms with Gasteiger partial charge in [-0.05, 0) is 67.9 Å². The zero-order chi connectivity index (χ0) is 26.2. The second kappa shape index (κ2) is 12.5. The number of aromatic hydroxyl groups is 1. The minimum atomic E-state index is -0.859. The number of piperidine rings is 1. The quantitative estimate of drug-likeness (QED) is 0.174. The summed E-state index contributed by atoms with van der Waals surface area (Å²) in [6.07, 6.45) is 2.57. The van der Waals surface area contributed by atoms with Crippen LogP contribution in [0.15, 0.2) is 36.4 Å². The Morgan fingerprint density at radius 1 is 1.25 bits per heavy atom. The fourth-order valence-corrected chi connectivity index (χ4v) is 4.63. The molecule has 1 aliphatic heterocycles. The molecule has 2 aromatic rings. The number of phenols is 1. The molecule has 0 bridgehead atoms. The van der Waals surface area contributed by atoms with Crippen LogP contribution in [0.4, 0.5) is 0 Å². The number of halogens is 1. The molecule has 1 heterocycles. The molecule has 1 amide bonds. The van der Waals surface area contributed by atoms with Crippen molar-refractivity contribution in [2.75, 3.05) is 26.8 Å². The van der Waals surface area contributed by atoms with Gasteiger partial charge < -0.3 is 30.5 Å². The first kappa shape index (κ1) is 27.1. The summed E-state index contributed by atoms with van der Waals surface area (Å²) in [4.78, 5) is 27.2. The molecule has 1 atom stereocenters. The normalized spacial score (nSPS) is 14.7. The highest BCUT2D eigenvalue weighted by Crippen LogP contribution is 2.25. The molecular weight excluding hydrogens is 484 g/mol. The van der Waals surface area contributed by atoms with Crippen molar-refractivity contribution in [1.82, 2.24) is 10.2 Å². The number of guanidine groups is 1. The third kappa shape index (κ3) is 7.27. The summed E-state index contributed by atoms with van der Waals surface area (Å²) in [5, 5.41) is 21.2. The SMILES string of the molecule is COC(=O)[C@@H](NC(=O)c1cc(O)cc(OCCCc2ccc(C)cc2Cl)c1)C1CCN(C(=N)N)CC1. The highest BCUT2D eigenvalue weighted by atomic mass is 35.5. The third-order valence-corrected chi connectivity index (χ3v) is 6.67. The Hall–Kier alpha value is -3.46. The number of likely N-dealkylation sites (tertiary alicyclic amines) is 1. The predicted molar refractivity (Wildman–Crippen MR) is 138 cm³/mol. The number of methoxy groups -OCH3 is 1. The van der Waals surface area contributed by atoms with Crippen molar-refractivity contribution >= 4 is 29.4 Å². The molecule has 0 spiro atoms. The molecule has 0 unspecified atom stereocenters. The molecule has 9 nitrogen and oxygen atoms in total. The number of aryl methyl sites for hydroxylation is 2. The molecule has 1 aliphatic rings. The minimum Gasteiger partial charge on any atom is -0.508 e. The van der Waals surface area contributed by atoms with E-state index < -0.39 is 17.9 Å². The maximum Gasteiger partial charge on any atom is 0.328 e. The Morgan fingerprint density at radius 2 is 1.97 bits per heavy atom. The Bertz CT molecular complexity index is 1100. The first-order valence-electron chi connectivity index (χ1n) is 11.9. The molecule has 1 saturated heterocycles. The number of nitrogens with zero attached hydrogens (tertiary/aromatic N) is 1. The third-order valence-electron chi connectivity index (χ3n) is 6.31. The van der Waals surface area contributed by atoms with Gasteiger partial charge in [-0.15, -0.1) is 0 Å². The number of esters is 1. The van der Waals surface area contributed by atoms with Crippen LogP contribution >= 0.6 is 11.6 Å². The summed E-state index contributed by atoms with van der Waals surface area (Å²) in [5.41, 5.74) is 7.85. The largest absolute Gasteiger partial charge is 0.508 e. The number of amides is 1. The van der Waals surface area contributed by atoms with Crippen molar-refractivity contribution in [3.05, 3.63) is 58.1 Å². The van der Waals surface area contributed by atoms with Crippen LogP contribution in [0.1, 0.15) is 40.7 Å². The van der Waals surface area contributed by atoms with Crippen molar-refractivity contribution < 1.29 is 24.2 Å². The molecule has 0 aliphatic carbocycles. The van der Waals surface area contributed by atoms with Gasteiger partial charge in [-0.1, -0.05) is 23.7 Å². The molecule has 1 fully saturated rings. The maximum atomic E-state index is 13.0. The summed E-state index contributed by atoms with van der Waals surface area (Å²) in [6, 6.07) is 9.35. The standard InChI is InChI=1S/C26H33ClN4O5/c1-16-5-6-17(22(27)12-16)4-3-11-36-21-14-19(13-20(32)15-21)24(33)30-23(25(34)35-2)18-7-9-31(10-8-18)26(28)29/h5-6,12-15,18,23,32H,3-4,7-11H2,1-2H3,(H3,28,29)(H,30,33)/t23-/m0/s1. The van der Waals surface area contributed by atoms with E-state index in [9.17, 15) is 14.7 Å². The van der Waals surface area contributed by atoms with E-state index in [-0.39, 0.29) is 23.2 Å². The van der Waals surface area contributed by atoms with Crippen LogP contribution in [-0.2, 0) is 16.0 Å². The first-order chi connectivity index (χ1) is 17.2. The van der Waals surface area contributed by atoms with Crippen molar-refractivity contribution in [2.45, 2.75) is 38.6 Å². The number of phenolic OH excluding ortho intramolecular Hbond substituents is 1. The molecular formula is C26H33ClN4O5. The van der Waals surface area contributed by atoms with Gasteiger partial charge in [0.2, 0.25) is 0 Å². The molecule has 36 heavy (non-hydrogen) atoms. The fraction of sp³-hybridized carbons (Fsp3) is 0.423. The molecule has 0 aromatic heterocycles. The Labute approximate surface area is 216 Å². The predicted octanol–water partition coefficient (Wildman–Crippen LogP) is 3.24. The number of nitrogens with two attached hydrogens (primary N) is 1. The lowest BCUT2D eigenvalue weighted by molar-refractivity contribution is -0.144. The second-order valence-electron chi connectivity index (χ2n) is 8.95. The number of carbonyl (C=O) groups is 2. The van der Waals surface area contributed by atoms with Gasteiger partial charge >= 0.3 is 5.97 Å². The van der Waals surface area contributed by atoms with Gasteiger partial charge in [0.15, 0.2) is 5.96 Å². The highest BCUT2D eigenvalue weighted by Gasteiger charge is 2.34. The van der Waals surface area contributed by atoms with E-state index in [4.69, 9.17) is 32.2 Å². The van der Waals surface area contributed by atoms with Crippen molar-refractivity contribution in [3.8, 4) is 11.5 Å². The second-order valence-corrected chi connectivity index (χ2v) is 9.35. The van der Waals surface area contributed by atoms with E-state index in [0.717, 1.165) is 22.6 Å². The zero-order valence-corrected chi connectivity index (χ0v) is 21.3. The number of carbonyl (C=O) groups excluding carboxylic acids is 2. The lowest BCUT2D eigenvalue weighted by Gasteiger charge is -2.35. The number of hydrogen-bond donors (Lipinski definition) is 4. The van der Waals surface area contributed by atoms with Crippen LogP contribution in [0.5, 0.6) is 11.5 Å². The monoisotopic (exact) mass is 516 g/mol. The van der Waals surface area contributed by atoms with Crippen LogP contribution in [0.3, 0.4) is 0 Å². The van der Waals surface area contributed by atoms with Gasteiger partial charge in [0, 0.05) is 29.7 Å². The number of ether oxygens (including phenoxy) is 2. The van der Waals surface area contributed by atoms with E-state index >= 15 is 0 Å². The summed E-state index contributed by atoms with van der Waals surface area (Å²) >= 11 is 6.28. The van der Waals surface area contributed by atoms with Crippen LogP contribution < -0.4 is 15.8 Å². The number of rotatable bonds is 9. The first-order valence-corrected chi connectivity index (χ1v) is 12.2. The summed E-state index contributed by atoms with van der Waals surface area (Å²) < 4.78 is 10.7. The van der Waals surface area contributed by atoms with E-state index in [0.29, 0.717) is 44.7 Å². The van der Waals surface area contributed by atoms with Crippen LogP contribution in [0.25, 0.3) is 0 Å². The van der Waals surface area contributed by atoms with Crippen molar-refractivity contribution in [2.24, 2.45) is 11.7 Å². The molecule has 10 heteroatoms. The summed E-state index contributed by atoms with van der Waals surface area (Å²) in [5.74, 6) is -1.02. The average molecular weight is 517 g/mol. The Balaban J connectivity index is 1.61. The number of benzene rings is 2. The van der Waals surface area contributed by atoms with Gasteiger partial charge in [0.05, 0.1) is 13.7 Å². The molecule has 3 rings (SSSR count). The summed E-state index contributed by atoms with van der Waals surface area (Å²) in [6.45, 7) is 3.38.